The molecule has 0 radical (unpaired) electrons. The fourth-order valence-electron chi connectivity index (χ4n) is 3.53. The Morgan fingerprint density at radius 2 is 1.92 bits per heavy atom. The first kappa shape index (κ1) is 16.4. The summed E-state index contributed by atoms with van der Waals surface area (Å²) >= 11 is 0. The van der Waals surface area contributed by atoms with Crippen LogP contribution in [0.15, 0.2) is 24.3 Å². The maximum absolute atomic E-state index is 12.2. The first-order valence-corrected chi connectivity index (χ1v) is 8.42. The standard InChI is InChI=1S/C19H21NO4/c21-18(22)11-4-14-2-9-17(10-3-14)24-13-1-12-20-16-7-5-15(6-8-16)19(20)23/h2-3,9-10,15-16H,1,5-8,12-13H2,(H,21,22). The molecule has 24 heavy (non-hydrogen) atoms. The molecule has 5 nitrogen and oxygen atoms in total. The van der Waals surface area contributed by atoms with Crippen LogP contribution in [-0.2, 0) is 9.59 Å². The van der Waals surface area contributed by atoms with Crippen molar-refractivity contribution in [3.05, 3.63) is 29.8 Å². The number of nitrogens with zero attached hydrogens (tertiary/aromatic N) is 1. The first-order valence-electron chi connectivity index (χ1n) is 8.42. The molecule has 5 heteroatoms. The molecule has 4 rings (SSSR count). The minimum absolute atomic E-state index is 0.260. The largest absolute Gasteiger partial charge is 0.494 e. The predicted molar refractivity (Wildman–Crippen MR) is 88.5 cm³/mol. The number of amides is 1. The molecular weight excluding hydrogens is 306 g/mol. The number of fused-ring (bicyclic) bond motifs is 3. The molecular formula is C19H21NO4. The van der Waals surface area contributed by atoms with E-state index in [4.69, 9.17) is 9.84 Å². The second-order valence-corrected chi connectivity index (χ2v) is 6.32. The van der Waals surface area contributed by atoms with E-state index < -0.39 is 5.97 Å². The van der Waals surface area contributed by atoms with Crippen LogP contribution in [0, 0.1) is 17.8 Å². The van der Waals surface area contributed by atoms with Crippen molar-refractivity contribution in [3.63, 3.8) is 0 Å². The third-order valence-electron chi connectivity index (χ3n) is 4.75. The predicted octanol–water partition coefficient (Wildman–Crippen LogP) is 2.29. The molecule has 2 heterocycles. The maximum atomic E-state index is 12.2. The minimum atomic E-state index is -1.14. The fraction of sp³-hybridized carbons (Fsp3) is 0.474. The van der Waals surface area contributed by atoms with Gasteiger partial charge in [0.15, 0.2) is 0 Å². The Morgan fingerprint density at radius 1 is 1.21 bits per heavy atom. The zero-order valence-electron chi connectivity index (χ0n) is 13.5. The van der Waals surface area contributed by atoms with E-state index in [0.29, 0.717) is 24.1 Å². The summed E-state index contributed by atoms with van der Waals surface area (Å²) in [6.07, 6.45) is 5.24. The second-order valence-electron chi connectivity index (χ2n) is 6.32. The molecule has 0 unspecified atom stereocenters. The molecule has 2 aliphatic heterocycles. The van der Waals surface area contributed by atoms with Crippen LogP contribution in [0.2, 0.25) is 0 Å². The van der Waals surface area contributed by atoms with Crippen molar-refractivity contribution in [1.82, 2.24) is 4.90 Å². The van der Waals surface area contributed by atoms with Gasteiger partial charge in [0, 0.05) is 30.0 Å². The summed E-state index contributed by atoms with van der Waals surface area (Å²) in [4.78, 5) is 24.7. The van der Waals surface area contributed by atoms with Crippen LogP contribution in [0.1, 0.15) is 37.7 Å². The number of aliphatic carboxylic acids is 1. The SMILES string of the molecule is O=C(O)C#Cc1ccc(OCCCN2C(=O)C3CCC2CC3)cc1. The average Bonchev–Trinajstić information content (AvgIpc) is 2.60. The van der Waals surface area contributed by atoms with Gasteiger partial charge in [-0.2, -0.15) is 0 Å². The second kappa shape index (κ2) is 7.39. The zero-order chi connectivity index (χ0) is 16.9. The highest BCUT2D eigenvalue weighted by Gasteiger charge is 2.39. The third kappa shape index (κ3) is 3.88. The Kier molecular flexibility index (Phi) is 5.05. The molecule has 3 aliphatic rings. The van der Waals surface area contributed by atoms with E-state index in [1.807, 2.05) is 4.90 Å². The fourth-order valence-corrected chi connectivity index (χ4v) is 3.53. The molecule has 1 N–H and O–H groups in total. The Balaban J connectivity index is 1.43. The lowest BCUT2D eigenvalue weighted by molar-refractivity contribution is -0.147. The number of hydrogen-bond donors (Lipinski definition) is 1. The van der Waals surface area contributed by atoms with Crippen LogP contribution in [0.3, 0.4) is 0 Å². The Bertz CT molecular complexity index is 663. The third-order valence-corrected chi connectivity index (χ3v) is 4.75. The van der Waals surface area contributed by atoms with Gasteiger partial charge in [0.1, 0.15) is 5.75 Å². The van der Waals surface area contributed by atoms with Crippen LogP contribution < -0.4 is 4.74 Å². The number of rotatable bonds is 5. The molecule has 1 aromatic carbocycles. The van der Waals surface area contributed by atoms with Gasteiger partial charge in [-0.05, 0) is 56.4 Å². The quantitative estimate of drug-likeness (QED) is 0.665. The van der Waals surface area contributed by atoms with E-state index >= 15 is 0 Å². The Labute approximate surface area is 141 Å². The van der Waals surface area contributed by atoms with E-state index in [1.165, 1.54) is 0 Å². The van der Waals surface area contributed by atoms with Crippen molar-refractivity contribution in [1.29, 1.82) is 0 Å². The van der Waals surface area contributed by atoms with Crippen LogP contribution in [0.5, 0.6) is 5.75 Å². The van der Waals surface area contributed by atoms with E-state index in [9.17, 15) is 9.59 Å². The van der Waals surface area contributed by atoms with Gasteiger partial charge in [-0.25, -0.2) is 4.79 Å². The van der Waals surface area contributed by atoms with Crippen LogP contribution in [-0.4, -0.2) is 41.1 Å². The lowest BCUT2D eigenvalue weighted by Crippen LogP contribution is -2.52. The number of hydrogen-bond acceptors (Lipinski definition) is 3. The number of carbonyl (C=O) groups excluding carboxylic acids is 1. The highest BCUT2D eigenvalue weighted by molar-refractivity contribution is 5.87. The molecule has 2 bridgehead atoms. The maximum Gasteiger partial charge on any atom is 0.382 e. The number of benzene rings is 1. The highest BCUT2D eigenvalue weighted by Crippen LogP contribution is 2.35. The molecule has 126 valence electrons. The minimum Gasteiger partial charge on any atom is -0.494 e. The summed E-state index contributed by atoms with van der Waals surface area (Å²) in [5, 5.41) is 8.51. The van der Waals surface area contributed by atoms with Gasteiger partial charge < -0.3 is 14.7 Å². The summed E-state index contributed by atoms with van der Waals surface area (Å²) in [5.41, 5.74) is 0.639. The number of carboxylic acids is 1. The number of piperidine rings is 2. The van der Waals surface area contributed by atoms with E-state index in [-0.39, 0.29) is 5.92 Å². The molecule has 1 amide bonds. The summed E-state index contributed by atoms with van der Waals surface area (Å²) in [6, 6.07) is 7.46. The normalized spacial score (nSPS) is 22.0. The van der Waals surface area contributed by atoms with Crippen LogP contribution >= 0.6 is 0 Å². The number of ether oxygens (including phenoxy) is 1. The smallest absolute Gasteiger partial charge is 0.382 e. The monoisotopic (exact) mass is 327 g/mol. The van der Waals surface area contributed by atoms with Gasteiger partial charge in [0.05, 0.1) is 6.61 Å². The number of carboxylic acid groups (broad SMARTS) is 1. The van der Waals surface area contributed by atoms with Crippen LogP contribution in [0.25, 0.3) is 0 Å². The van der Waals surface area contributed by atoms with E-state index in [0.717, 1.165) is 44.4 Å². The summed E-state index contributed by atoms with van der Waals surface area (Å²) in [6.45, 7) is 1.32. The molecule has 3 fully saturated rings. The van der Waals surface area contributed by atoms with Crippen molar-refractivity contribution in [2.75, 3.05) is 13.2 Å². The van der Waals surface area contributed by atoms with Crippen molar-refractivity contribution in [3.8, 4) is 17.6 Å². The molecule has 0 aromatic heterocycles. The van der Waals surface area contributed by atoms with Gasteiger partial charge in [0.2, 0.25) is 5.91 Å². The molecule has 0 atom stereocenters. The van der Waals surface area contributed by atoms with E-state index in [2.05, 4.69) is 11.8 Å². The zero-order valence-corrected chi connectivity index (χ0v) is 13.5. The summed E-state index contributed by atoms with van der Waals surface area (Å²) < 4.78 is 5.69. The molecule has 1 aliphatic carbocycles. The Morgan fingerprint density at radius 3 is 2.54 bits per heavy atom. The van der Waals surface area contributed by atoms with Gasteiger partial charge in [-0.1, -0.05) is 5.92 Å². The van der Waals surface area contributed by atoms with Crippen molar-refractivity contribution in [2.24, 2.45) is 5.92 Å². The first-order chi connectivity index (χ1) is 11.6. The van der Waals surface area contributed by atoms with Gasteiger partial charge >= 0.3 is 5.97 Å². The Hall–Kier alpha value is -2.48. The van der Waals surface area contributed by atoms with Gasteiger partial charge in [-0.15, -0.1) is 0 Å². The summed E-state index contributed by atoms with van der Waals surface area (Å²) in [5.74, 6) is 4.80. The van der Waals surface area contributed by atoms with Gasteiger partial charge in [-0.3, -0.25) is 4.79 Å². The number of carbonyl (C=O) groups is 2. The topological polar surface area (TPSA) is 66.8 Å². The average molecular weight is 327 g/mol. The van der Waals surface area contributed by atoms with E-state index in [1.54, 1.807) is 24.3 Å². The molecule has 2 saturated heterocycles. The highest BCUT2D eigenvalue weighted by atomic mass is 16.5. The van der Waals surface area contributed by atoms with Crippen molar-refractivity contribution in [2.45, 2.75) is 38.1 Å². The molecule has 1 aromatic rings. The van der Waals surface area contributed by atoms with Crippen LogP contribution in [0.4, 0.5) is 0 Å². The summed E-state index contributed by atoms with van der Waals surface area (Å²) in [7, 11) is 0. The van der Waals surface area contributed by atoms with Crippen molar-refractivity contribution < 1.29 is 19.4 Å². The molecule has 0 spiro atoms. The lowest BCUT2D eigenvalue weighted by Gasteiger charge is -2.44. The lowest BCUT2D eigenvalue weighted by atomic mass is 9.79. The van der Waals surface area contributed by atoms with Gasteiger partial charge in [0.25, 0.3) is 0 Å². The van der Waals surface area contributed by atoms with Crippen molar-refractivity contribution >= 4 is 11.9 Å². The molecule has 1 saturated carbocycles.